The molecule has 0 aromatic carbocycles. The zero-order valence-electron chi connectivity index (χ0n) is 12.4. The van der Waals surface area contributed by atoms with Gasteiger partial charge in [-0.1, -0.05) is 13.8 Å². The molecule has 19 heavy (non-hydrogen) atoms. The molecule has 0 bridgehead atoms. The first-order valence-electron chi connectivity index (χ1n) is 7.08. The van der Waals surface area contributed by atoms with Gasteiger partial charge in [-0.05, 0) is 31.7 Å². The summed E-state index contributed by atoms with van der Waals surface area (Å²) in [6.45, 7) is 9.70. The van der Waals surface area contributed by atoms with Crippen LogP contribution in [0.25, 0.3) is 0 Å². The van der Waals surface area contributed by atoms with Crippen molar-refractivity contribution >= 4 is 41.7 Å². The molecular formula is C13H29IN4S. The van der Waals surface area contributed by atoms with E-state index in [9.17, 15) is 0 Å². The first kappa shape index (κ1) is 19.3. The van der Waals surface area contributed by atoms with Crippen molar-refractivity contribution in [3.8, 4) is 0 Å². The van der Waals surface area contributed by atoms with Crippen LogP contribution in [0.5, 0.6) is 0 Å². The number of guanidine groups is 1. The lowest BCUT2D eigenvalue weighted by molar-refractivity contribution is 0.308. The average molecular weight is 400 g/mol. The van der Waals surface area contributed by atoms with E-state index < -0.39 is 0 Å². The van der Waals surface area contributed by atoms with Crippen LogP contribution in [0.2, 0.25) is 0 Å². The minimum atomic E-state index is 0. The second kappa shape index (κ2) is 12.1. The summed E-state index contributed by atoms with van der Waals surface area (Å²) in [4.78, 5) is 6.67. The molecule has 1 aliphatic rings. The van der Waals surface area contributed by atoms with Crippen LogP contribution in [-0.2, 0) is 0 Å². The van der Waals surface area contributed by atoms with Gasteiger partial charge in [0.05, 0.1) is 0 Å². The number of nitrogens with one attached hydrogen (secondary N) is 2. The summed E-state index contributed by atoms with van der Waals surface area (Å²) >= 11 is 2.08. The van der Waals surface area contributed by atoms with E-state index in [0.717, 1.165) is 43.9 Å². The minimum Gasteiger partial charge on any atom is -0.355 e. The van der Waals surface area contributed by atoms with Gasteiger partial charge in [-0.3, -0.25) is 4.99 Å². The summed E-state index contributed by atoms with van der Waals surface area (Å²) in [6, 6.07) is 0. The van der Waals surface area contributed by atoms with Crippen LogP contribution in [0.3, 0.4) is 0 Å². The third-order valence-corrected chi connectivity index (χ3v) is 4.76. The van der Waals surface area contributed by atoms with Gasteiger partial charge in [-0.2, -0.15) is 11.8 Å². The Hall–Kier alpha value is 0.310. The van der Waals surface area contributed by atoms with Crippen molar-refractivity contribution in [2.24, 2.45) is 4.99 Å². The first-order valence-corrected chi connectivity index (χ1v) is 8.13. The van der Waals surface area contributed by atoms with Gasteiger partial charge >= 0.3 is 0 Å². The predicted molar refractivity (Wildman–Crippen MR) is 98.0 cm³/mol. The minimum absolute atomic E-state index is 0. The number of hydrogen-bond acceptors (Lipinski definition) is 3. The lowest BCUT2D eigenvalue weighted by atomic mass is 10.2. The molecular weight excluding hydrogens is 371 g/mol. The van der Waals surface area contributed by atoms with E-state index in [2.05, 4.69) is 46.1 Å². The van der Waals surface area contributed by atoms with Crippen molar-refractivity contribution < 1.29 is 0 Å². The van der Waals surface area contributed by atoms with Gasteiger partial charge < -0.3 is 15.5 Å². The number of likely N-dealkylation sites (N-methyl/N-ethyl adjacent to an activating group) is 1. The molecule has 114 valence electrons. The summed E-state index contributed by atoms with van der Waals surface area (Å²) in [5, 5.41) is 7.57. The van der Waals surface area contributed by atoms with Crippen molar-refractivity contribution in [3.05, 3.63) is 0 Å². The van der Waals surface area contributed by atoms with Gasteiger partial charge in [0.2, 0.25) is 0 Å². The Balaban J connectivity index is 0.00000324. The number of aliphatic imine (C=N–C) groups is 1. The van der Waals surface area contributed by atoms with Gasteiger partial charge in [-0.25, -0.2) is 0 Å². The van der Waals surface area contributed by atoms with Gasteiger partial charge in [0.25, 0.3) is 0 Å². The lowest BCUT2D eigenvalue weighted by Crippen LogP contribution is -2.43. The lowest BCUT2D eigenvalue weighted by Gasteiger charge is -2.20. The molecule has 0 spiro atoms. The maximum atomic E-state index is 4.26. The largest absolute Gasteiger partial charge is 0.355 e. The molecule has 1 unspecified atom stereocenters. The number of halogens is 1. The molecule has 1 saturated heterocycles. The van der Waals surface area contributed by atoms with E-state index in [1.54, 1.807) is 0 Å². The second-order valence-corrected chi connectivity index (χ2v) is 5.95. The Morgan fingerprint density at radius 2 is 2.05 bits per heavy atom. The maximum absolute atomic E-state index is 4.26. The molecule has 0 aromatic rings. The second-order valence-electron chi connectivity index (χ2n) is 4.54. The molecule has 4 nitrogen and oxygen atoms in total. The molecule has 0 saturated carbocycles. The van der Waals surface area contributed by atoms with E-state index in [-0.39, 0.29) is 24.0 Å². The Kier molecular flexibility index (Phi) is 12.3. The maximum Gasteiger partial charge on any atom is 0.191 e. The third-order valence-electron chi connectivity index (χ3n) is 3.36. The van der Waals surface area contributed by atoms with Crippen molar-refractivity contribution in [3.63, 3.8) is 0 Å². The molecule has 2 N–H and O–H groups in total. The fourth-order valence-corrected chi connectivity index (χ4v) is 3.31. The number of hydrogen-bond donors (Lipinski definition) is 2. The molecule has 6 heteroatoms. The molecule has 0 aromatic heterocycles. The first-order chi connectivity index (χ1) is 8.80. The molecule has 1 heterocycles. The monoisotopic (exact) mass is 400 g/mol. The Morgan fingerprint density at radius 3 is 2.58 bits per heavy atom. The van der Waals surface area contributed by atoms with E-state index >= 15 is 0 Å². The van der Waals surface area contributed by atoms with Crippen LogP contribution in [0.4, 0.5) is 0 Å². The predicted octanol–water partition coefficient (Wildman–Crippen LogP) is 2.01. The topological polar surface area (TPSA) is 39.7 Å². The fourth-order valence-electron chi connectivity index (χ4n) is 2.11. The van der Waals surface area contributed by atoms with Crippen molar-refractivity contribution in [2.75, 3.05) is 45.5 Å². The third kappa shape index (κ3) is 8.24. The summed E-state index contributed by atoms with van der Waals surface area (Å²) in [5.41, 5.74) is 0. The molecule has 0 amide bonds. The highest BCUT2D eigenvalue weighted by Crippen LogP contribution is 2.25. The summed E-state index contributed by atoms with van der Waals surface area (Å²) in [6.07, 6.45) is 2.71. The normalized spacial score (nSPS) is 19.4. The smallest absolute Gasteiger partial charge is 0.191 e. The van der Waals surface area contributed by atoms with Crippen LogP contribution >= 0.6 is 35.7 Å². The highest BCUT2D eigenvalue weighted by molar-refractivity contribution is 14.0. The van der Waals surface area contributed by atoms with Crippen LogP contribution in [0.15, 0.2) is 4.99 Å². The summed E-state index contributed by atoms with van der Waals surface area (Å²) in [7, 11) is 1.84. The zero-order valence-corrected chi connectivity index (χ0v) is 15.6. The fraction of sp³-hybridized carbons (Fsp3) is 0.923. The Labute approximate surface area is 139 Å². The Morgan fingerprint density at radius 1 is 1.32 bits per heavy atom. The molecule has 1 atom stereocenters. The molecule has 1 fully saturated rings. The number of rotatable bonds is 7. The van der Waals surface area contributed by atoms with Crippen molar-refractivity contribution in [1.82, 2.24) is 15.5 Å². The number of thioether (sulfide) groups is 1. The highest BCUT2D eigenvalue weighted by atomic mass is 127. The van der Waals surface area contributed by atoms with Crippen LogP contribution < -0.4 is 10.6 Å². The van der Waals surface area contributed by atoms with E-state index in [1.807, 2.05) is 7.05 Å². The Bertz CT molecular complexity index is 241. The van der Waals surface area contributed by atoms with Crippen molar-refractivity contribution in [2.45, 2.75) is 31.9 Å². The van der Waals surface area contributed by atoms with Crippen LogP contribution in [-0.4, -0.2) is 61.6 Å². The highest BCUT2D eigenvalue weighted by Gasteiger charge is 2.15. The van der Waals surface area contributed by atoms with E-state index in [1.165, 1.54) is 18.6 Å². The summed E-state index contributed by atoms with van der Waals surface area (Å²) in [5.74, 6) is 2.26. The van der Waals surface area contributed by atoms with Gasteiger partial charge in [-0.15, -0.1) is 24.0 Å². The number of nitrogens with zero attached hydrogens (tertiary/aromatic N) is 2. The van der Waals surface area contributed by atoms with Gasteiger partial charge in [0, 0.05) is 31.9 Å². The summed E-state index contributed by atoms with van der Waals surface area (Å²) < 4.78 is 0. The van der Waals surface area contributed by atoms with E-state index in [0.29, 0.717) is 0 Å². The standard InChI is InChI=1S/C13H28N4S.HI/c1-4-17(5-2)9-8-15-13(14-3)16-11-12-7-6-10-18-12;/h12H,4-11H2,1-3H3,(H2,14,15,16);1H. The van der Waals surface area contributed by atoms with Gasteiger partial charge in [0.1, 0.15) is 0 Å². The SMILES string of the molecule is CCN(CC)CCNC(=NC)NCC1CCCS1.I. The molecule has 1 aliphatic heterocycles. The quantitative estimate of drug-likeness (QED) is 0.390. The average Bonchev–Trinajstić information content (AvgIpc) is 2.91. The zero-order chi connectivity index (χ0) is 13.2. The van der Waals surface area contributed by atoms with Crippen LogP contribution in [0.1, 0.15) is 26.7 Å². The van der Waals surface area contributed by atoms with Crippen LogP contribution in [0, 0.1) is 0 Å². The molecule has 0 aliphatic carbocycles. The molecule has 1 rings (SSSR count). The van der Waals surface area contributed by atoms with E-state index in [4.69, 9.17) is 0 Å². The van der Waals surface area contributed by atoms with Crippen molar-refractivity contribution in [1.29, 1.82) is 0 Å². The molecule has 0 radical (unpaired) electrons. The van der Waals surface area contributed by atoms with Gasteiger partial charge in [0.15, 0.2) is 5.96 Å².